The SMILES string of the molecule is COCCNC(=O)C(C)NC(=O)C1CCNC1C. The number of hydrogen-bond donors (Lipinski definition) is 3. The molecule has 1 rings (SSSR count). The molecule has 0 spiro atoms. The van der Waals surface area contributed by atoms with Crippen LogP contribution in [-0.2, 0) is 14.3 Å². The van der Waals surface area contributed by atoms with Crippen LogP contribution in [0.1, 0.15) is 20.3 Å². The first-order valence-corrected chi connectivity index (χ1v) is 6.36. The highest BCUT2D eigenvalue weighted by Crippen LogP contribution is 2.15. The van der Waals surface area contributed by atoms with Crippen LogP contribution in [0, 0.1) is 5.92 Å². The highest BCUT2D eigenvalue weighted by atomic mass is 16.5. The second-order valence-electron chi connectivity index (χ2n) is 4.65. The Morgan fingerprint density at radius 3 is 2.78 bits per heavy atom. The molecule has 6 heteroatoms. The zero-order valence-electron chi connectivity index (χ0n) is 11.3. The third-order valence-electron chi connectivity index (χ3n) is 3.22. The molecule has 3 N–H and O–H groups in total. The summed E-state index contributed by atoms with van der Waals surface area (Å²) >= 11 is 0. The van der Waals surface area contributed by atoms with Gasteiger partial charge >= 0.3 is 0 Å². The highest BCUT2D eigenvalue weighted by Gasteiger charge is 2.30. The van der Waals surface area contributed by atoms with Crippen molar-refractivity contribution in [2.75, 3.05) is 26.8 Å². The third kappa shape index (κ3) is 4.27. The molecule has 1 aliphatic rings. The molecule has 0 aliphatic carbocycles. The second kappa shape index (κ2) is 7.33. The van der Waals surface area contributed by atoms with E-state index in [0.717, 1.165) is 13.0 Å². The van der Waals surface area contributed by atoms with Gasteiger partial charge in [-0.3, -0.25) is 9.59 Å². The van der Waals surface area contributed by atoms with Crippen LogP contribution in [0.15, 0.2) is 0 Å². The fourth-order valence-corrected chi connectivity index (χ4v) is 2.03. The van der Waals surface area contributed by atoms with E-state index in [1.165, 1.54) is 0 Å². The fourth-order valence-electron chi connectivity index (χ4n) is 2.03. The minimum atomic E-state index is -0.512. The number of methoxy groups -OCH3 is 1. The van der Waals surface area contributed by atoms with Crippen LogP contribution in [-0.4, -0.2) is 50.7 Å². The van der Waals surface area contributed by atoms with Crippen molar-refractivity contribution < 1.29 is 14.3 Å². The van der Waals surface area contributed by atoms with Gasteiger partial charge in [-0.1, -0.05) is 0 Å². The van der Waals surface area contributed by atoms with Crippen molar-refractivity contribution in [1.82, 2.24) is 16.0 Å². The van der Waals surface area contributed by atoms with E-state index in [-0.39, 0.29) is 23.8 Å². The average Bonchev–Trinajstić information content (AvgIpc) is 2.75. The Labute approximate surface area is 108 Å². The summed E-state index contributed by atoms with van der Waals surface area (Å²) < 4.78 is 4.84. The van der Waals surface area contributed by atoms with Gasteiger partial charge in [0.1, 0.15) is 6.04 Å². The summed E-state index contributed by atoms with van der Waals surface area (Å²) in [5, 5.41) is 8.66. The van der Waals surface area contributed by atoms with Crippen LogP contribution < -0.4 is 16.0 Å². The van der Waals surface area contributed by atoms with E-state index < -0.39 is 6.04 Å². The van der Waals surface area contributed by atoms with Crippen molar-refractivity contribution in [3.05, 3.63) is 0 Å². The molecule has 0 bridgehead atoms. The lowest BCUT2D eigenvalue weighted by Gasteiger charge is -2.19. The third-order valence-corrected chi connectivity index (χ3v) is 3.22. The zero-order chi connectivity index (χ0) is 13.5. The summed E-state index contributed by atoms with van der Waals surface area (Å²) in [4.78, 5) is 23.6. The van der Waals surface area contributed by atoms with Crippen LogP contribution in [0.4, 0.5) is 0 Å². The number of nitrogens with one attached hydrogen (secondary N) is 3. The monoisotopic (exact) mass is 257 g/mol. The molecule has 0 aromatic rings. The van der Waals surface area contributed by atoms with Gasteiger partial charge in [0.15, 0.2) is 0 Å². The van der Waals surface area contributed by atoms with E-state index in [9.17, 15) is 9.59 Å². The molecule has 1 saturated heterocycles. The summed E-state index contributed by atoms with van der Waals surface area (Å²) in [5.74, 6) is -0.278. The summed E-state index contributed by atoms with van der Waals surface area (Å²) in [5.41, 5.74) is 0. The van der Waals surface area contributed by atoms with Crippen molar-refractivity contribution in [2.45, 2.75) is 32.4 Å². The summed E-state index contributed by atoms with van der Waals surface area (Å²) in [7, 11) is 1.58. The smallest absolute Gasteiger partial charge is 0.242 e. The Balaban J connectivity index is 2.32. The first kappa shape index (κ1) is 14.9. The Morgan fingerprint density at radius 2 is 2.22 bits per heavy atom. The van der Waals surface area contributed by atoms with E-state index >= 15 is 0 Å². The number of carbonyl (C=O) groups is 2. The average molecular weight is 257 g/mol. The first-order chi connectivity index (χ1) is 8.56. The van der Waals surface area contributed by atoms with Gasteiger partial charge in [0, 0.05) is 19.7 Å². The molecule has 1 heterocycles. The van der Waals surface area contributed by atoms with Crippen LogP contribution in [0.5, 0.6) is 0 Å². The predicted octanol–water partition coefficient (Wildman–Crippen LogP) is -0.748. The summed E-state index contributed by atoms with van der Waals surface area (Å²) in [6.07, 6.45) is 0.824. The molecule has 0 radical (unpaired) electrons. The molecule has 1 aliphatic heterocycles. The molecule has 0 aromatic heterocycles. The van der Waals surface area contributed by atoms with Crippen molar-refractivity contribution in [1.29, 1.82) is 0 Å². The molecule has 18 heavy (non-hydrogen) atoms. The normalized spacial score (nSPS) is 24.6. The van der Waals surface area contributed by atoms with Crippen LogP contribution in [0.2, 0.25) is 0 Å². The van der Waals surface area contributed by atoms with E-state index in [0.29, 0.717) is 13.2 Å². The van der Waals surface area contributed by atoms with Crippen molar-refractivity contribution in [2.24, 2.45) is 5.92 Å². The molecule has 3 unspecified atom stereocenters. The quantitative estimate of drug-likeness (QED) is 0.547. The number of hydrogen-bond acceptors (Lipinski definition) is 4. The van der Waals surface area contributed by atoms with E-state index in [4.69, 9.17) is 4.74 Å². The minimum Gasteiger partial charge on any atom is -0.383 e. The van der Waals surface area contributed by atoms with Crippen LogP contribution in [0.25, 0.3) is 0 Å². The molecular weight excluding hydrogens is 234 g/mol. The van der Waals surface area contributed by atoms with Crippen molar-refractivity contribution >= 4 is 11.8 Å². The van der Waals surface area contributed by atoms with Crippen molar-refractivity contribution in [3.63, 3.8) is 0 Å². The van der Waals surface area contributed by atoms with Gasteiger partial charge in [-0.15, -0.1) is 0 Å². The Hall–Kier alpha value is -1.14. The number of ether oxygens (including phenoxy) is 1. The maximum atomic E-state index is 11.9. The maximum Gasteiger partial charge on any atom is 0.242 e. The van der Waals surface area contributed by atoms with E-state index in [2.05, 4.69) is 16.0 Å². The lowest BCUT2D eigenvalue weighted by molar-refractivity contribution is -0.130. The van der Waals surface area contributed by atoms with Gasteiger partial charge in [-0.25, -0.2) is 0 Å². The van der Waals surface area contributed by atoms with E-state index in [1.807, 2.05) is 6.92 Å². The van der Waals surface area contributed by atoms with Gasteiger partial charge in [-0.2, -0.15) is 0 Å². The second-order valence-corrected chi connectivity index (χ2v) is 4.65. The Kier molecular flexibility index (Phi) is 6.07. The molecule has 0 aromatic carbocycles. The number of carbonyl (C=O) groups excluding carboxylic acids is 2. The summed E-state index contributed by atoms with van der Waals surface area (Å²) in [6.45, 7) is 5.45. The Bertz CT molecular complexity index is 296. The lowest BCUT2D eigenvalue weighted by atomic mass is 10.0. The molecule has 2 amide bonds. The van der Waals surface area contributed by atoms with Gasteiger partial charge in [0.05, 0.1) is 12.5 Å². The molecule has 0 saturated carbocycles. The van der Waals surface area contributed by atoms with Gasteiger partial charge in [0.2, 0.25) is 11.8 Å². The number of rotatable bonds is 6. The largest absolute Gasteiger partial charge is 0.383 e. The molecule has 3 atom stereocenters. The minimum absolute atomic E-state index is 0.0424. The van der Waals surface area contributed by atoms with E-state index in [1.54, 1.807) is 14.0 Å². The molecule has 6 nitrogen and oxygen atoms in total. The fraction of sp³-hybridized carbons (Fsp3) is 0.833. The van der Waals surface area contributed by atoms with Crippen LogP contribution in [0.3, 0.4) is 0 Å². The van der Waals surface area contributed by atoms with Gasteiger partial charge in [0.25, 0.3) is 0 Å². The highest BCUT2D eigenvalue weighted by molar-refractivity contribution is 5.88. The first-order valence-electron chi connectivity index (χ1n) is 6.36. The predicted molar refractivity (Wildman–Crippen MR) is 68.1 cm³/mol. The standard InChI is InChI=1S/C12H23N3O3/c1-8-10(4-5-13-8)12(17)15-9(2)11(16)14-6-7-18-3/h8-10,13H,4-7H2,1-3H3,(H,14,16)(H,15,17). The lowest BCUT2D eigenvalue weighted by Crippen LogP contribution is -2.48. The van der Waals surface area contributed by atoms with Crippen molar-refractivity contribution in [3.8, 4) is 0 Å². The summed E-state index contributed by atoms with van der Waals surface area (Å²) in [6, 6.07) is -0.337. The molecule has 104 valence electrons. The van der Waals surface area contributed by atoms with Gasteiger partial charge in [-0.05, 0) is 26.8 Å². The molecule has 1 fully saturated rings. The Morgan fingerprint density at radius 1 is 1.50 bits per heavy atom. The topological polar surface area (TPSA) is 79.5 Å². The number of amides is 2. The van der Waals surface area contributed by atoms with Gasteiger partial charge < -0.3 is 20.7 Å². The maximum absolute atomic E-state index is 11.9. The zero-order valence-corrected chi connectivity index (χ0v) is 11.3. The van der Waals surface area contributed by atoms with Crippen LogP contribution >= 0.6 is 0 Å². The molecular formula is C12H23N3O3.